The van der Waals surface area contributed by atoms with Gasteiger partial charge in [-0.15, -0.1) is 0 Å². The van der Waals surface area contributed by atoms with Crippen molar-refractivity contribution in [3.8, 4) is 0 Å². The second kappa shape index (κ2) is 9.50. The summed E-state index contributed by atoms with van der Waals surface area (Å²) in [5.41, 5.74) is 4.55. The summed E-state index contributed by atoms with van der Waals surface area (Å²) in [7, 11) is -4.65. The number of aliphatic hydroxyl groups is 1. The average molecular weight is 495 g/mol. The highest BCUT2D eigenvalue weighted by Crippen LogP contribution is 2.56. The third-order valence-electron chi connectivity index (χ3n) is 8.03. The summed E-state index contributed by atoms with van der Waals surface area (Å²) in [4.78, 5) is 0. The largest absolute Gasteiger partial charge is 0.393 e. The molecule has 6 heteroatoms. The standard InChI is InChI=1S/C28H40F2O3S/c1-19-9-12-23(31)18-22(19)11-10-21-8-7-16-27(6)24(13-14-25(21)27)20(2)15-17-28(29,30)34(32,33)26(3,4)5/h10-11,13,15,17,20,23,25,31H,1,7-9,12,14,16,18H2,2-6H3/b17-15+,21-10+,22-11-/t20-,23+,25+,27-/m1/s1. The minimum absolute atomic E-state index is 0.131. The van der Waals surface area contributed by atoms with Gasteiger partial charge in [0.05, 0.1) is 10.9 Å². The molecule has 0 unspecified atom stereocenters. The van der Waals surface area contributed by atoms with E-state index in [1.165, 1.54) is 32.4 Å². The molecule has 0 radical (unpaired) electrons. The van der Waals surface area contributed by atoms with E-state index in [9.17, 15) is 22.3 Å². The van der Waals surface area contributed by atoms with E-state index in [2.05, 4.69) is 31.7 Å². The molecule has 0 saturated heterocycles. The Labute approximate surface area is 204 Å². The molecule has 0 amide bonds. The summed E-state index contributed by atoms with van der Waals surface area (Å²) in [6.45, 7) is 12.1. The van der Waals surface area contributed by atoms with Gasteiger partial charge in [0.15, 0.2) is 0 Å². The minimum atomic E-state index is -4.65. The molecule has 3 aliphatic rings. The van der Waals surface area contributed by atoms with Crippen LogP contribution in [-0.2, 0) is 9.84 Å². The van der Waals surface area contributed by atoms with Crippen LogP contribution in [0.15, 0.2) is 59.3 Å². The second-order valence-electron chi connectivity index (χ2n) is 11.5. The van der Waals surface area contributed by atoms with Crippen LogP contribution in [0.2, 0.25) is 0 Å². The van der Waals surface area contributed by atoms with Gasteiger partial charge in [-0.3, -0.25) is 0 Å². The molecule has 0 aliphatic heterocycles. The number of hydrogen-bond donors (Lipinski definition) is 1. The van der Waals surface area contributed by atoms with Crippen molar-refractivity contribution >= 4 is 9.84 Å². The SMILES string of the molecule is C=C1CC[C@H](O)C/C1=C/C=C1\CCC[C@]2(C)C([C@H](C)/C=C/C(F)(F)S(=O)(=O)C(C)(C)C)=CC[C@@H]12. The summed E-state index contributed by atoms with van der Waals surface area (Å²) in [5.74, 6) is 0.0339. The van der Waals surface area contributed by atoms with Crippen molar-refractivity contribution in [2.24, 2.45) is 17.3 Å². The molecule has 3 aliphatic carbocycles. The average Bonchev–Trinajstić information content (AvgIpc) is 3.09. The van der Waals surface area contributed by atoms with Gasteiger partial charge >= 0.3 is 5.25 Å². The van der Waals surface area contributed by atoms with Crippen LogP contribution in [0.1, 0.15) is 79.6 Å². The van der Waals surface area contributed by atoms with Gasteiger partial charge in [-0.1, -0.05) is 61.4 Å². The number of allylic oxidation sites excluding steroid dienone is 7. The molecule has 0 aromatic heterocycles. The lowest BCUT2D eigenvalue weighted by Crippen LogP contribution is -2.41. The predicted octanol–water partition coefficient (Wildman–Crippen LogP) is 7.08. The maximum Gasteiger partial charge on any atom is 0.364 e. The fraction of sp³-hybridized carbons (Fsp3) is 0.643. The van der Waals surface area contributed by atoms with Crippen molar-refractivity contribution in [2.45, 2.75) is 95.7 Å². The smallest absolute Gasteiger partial charge is 0.364 e. The predicted molar refractivity (Wildman–Crippen MR) is 135 cm³/mol. The Hall–Kier alpha value is -1.53. The Bertz CT molecular complexity index is 1040. The van der Waals surface area contributed by atoms with Crippen LogP contribution in [0.25, 0.3) is 0 Å². The molecule has 4 atom stereocenters. The van der Waals surface area contributed by atoms with Gasteiger partial charge in [0.25, 0.3) is 0 Å². The van der Waals surface area contributed by atoms with Crippen LogP contribution in [0.3, 0.4) is 0 Å². The molecular weight excluding hydrogens is 454 g/mol. The lowest BCUT2D eigenvalue weighted by atomic mass is 9.62. The van der Waals surface area contributed by atoms with Crippen molar-refractivity contribution in [3.05, 3.63) is 59.3 Å². The van der Waals surface area contributed by atoms with Gasteiger partial charge in [0, 0.05) is 0 Å². The molecular formula is C28H40F2O3S. The summed E-state index contributed by atoms with van der Waals surface area (Å²) in [6, 6.07) is 0. The minimum Gasteiger partial charge on any atom is -0.393 e. The van der Waals surface area contributed by atoms with Crippen molar-refractivity contribution in [2.75, 3.05) is 0 Å². The first-order valence-electron chi connectivity index (χ1n) is 12.4. The van der Waals surface area contributed by atoms with Gasteiger partial charge < -0.3 is 5.11 Å². The Morgan fingerprint density at radius 1 is 1.24 bits per heavy atom. The number of rotatable bonds is 5. The molecule has 2 fully saturated rings. The zero-order valence-electron chi connectivity index (χ0n) is 21.2. The Morgan fingerprint density at radius 2 is 1.91 bits per heavy atom. The van der Waals surface area contributed by atoms with Gasteiger partial charge in [-0.05, 0) is 94.6 Å². The summed E-state index contributed by atoms with van der Waals surface area (Å²) >= 11 is 0. The first-order chi connectivity index (χ1) is 15.6. The Balaban J connectivity index is 1.80. The van der Waals surface area contributed by atoms with Crippen LogP contribution < -0.4 is 0 Å². The van der Waals surface area contributed by atoms with E-state index in [-0.39, 0.29) is 17.4 Å². The molecule has 1 N–H and O–H groups in total. The van der Waals surface area contributed by atoms with Gasteiger partial charge in [0.1, 0.15) is 0 Å². The summed E-state index contributed by atoms with van der Waals surface area (Å²) in [6.07, 6.45) is 14.2. The monoisotopic (exact) mass is 494 g/mol. The number of halogens is 2. The molecule has 34 heavy (non-hydrogen) atoms. The lowest BCUT2D eigenvalue weighted by Gasteiger charge is -2.42. The number of aliphatic hydroxyl groups excluding tert-OH is 1. The molecule has 0 aromatic carbocycles. The van der Waals surface area contributed by atoms with Crippen LogP contribution in [0.5, 0.6) is 0 Å². The van der Waals surface area contributed by atoms with Crippen LogP contribution in [0, 0.1) is 17.3 Å². The van der Waals surface area contributed by atoms with Gasteiger partial charge in [0.2, 0.25) is 9.84 Å². The van der Waals surface area contributed by atoms with E-state index in [4.69, 9.17) is 0 Å². The third-order valence-corrected chi connectivity index (χ3v) is 10.5. The lowest BCUT2D eigenvalue weighted by molar-refractivity contribution is 0.143. The van der Waals surface area contributed by atoms with Crippen molar-refractivity contribution in [1.82, 2.24) is 0 Å². The fourth-order valence-electron chi connectivity index (χ4n) is 5.81. The third kappa shape index (κ3) is 5.04. The van der Waals surface area contributed by atoms with Crippen molar-refractivity contribution in [3.63, 3.8) is 0 Å². The normalized spacial score (nSPS) is 32.4. The maximum atomic E-state index is 14.6. The molecule has 0 aromatic rings. The molecule has 0 bridgehead atoms. The first-order valence-corrected chi connectivity index (χ1v) is 13.9. The highest BCUT2D eigenvalue weighted by atomic mass is 32.2. The molecule has 0 spiro atoms. The first kappa shape index (κ1) is 27.1. The molecule has 190 valence electrons. The van der Waals surface area contributed by atoms with Crippen LogP contribution in [-0.4, -0.2) is 29.6 Å². The van der Waals surface area contributed by atoms with E-state index < -0.39 is 19.8 Å². The number of alkyl halides is 2. The van der Waals surface area contributed by atoms with Crippen LogP contribution in [0.4, 0.5) is 8.78 Å². The topological polar surface area (TPSA) is 54.4 Å². The second-order valence-corrected chi connectivity index (χ2v) is 14.3. The summed E-state index contributed by atoms with van der Waals surface area (Å²) in [5, 5.41) is 6.11. The molecule has 3 rings (SSSR count). The Kier molecular flexibility index (Phi) is 7.56. The number of fused-ring (bicyclic) bond motifs is 1. The van der Waals surface area contributed by atoms with Gasteiger partial charge in [-0.2, -0.15) is 8.78 Å². The quantitative estimate of drug-likeness (QED) is 0.416. The van der Waals surface area contributed by atoms with E-state index in [0.29, 0.717) is 18.4 Å². The number of hydrogen-bond acceptors (Lipinski definition) is 3. The highest BCUT2D eigenvalue weighted by Gasteiger charge is 2.50. The zero-order chi connectivity index (χ0) is 25.5. The molecule has 0 heterocycles. The van der Waals surface area contributed by atoms with E-state index in [1.54, 1.807) is 0 Å². The summed E-state index contributed by atoms with van der Waals surface area (Å²) < 4.78 is 52.4. The van der Waals surface area contributed by atoms with E-state index in [1.807, 2.05) is 6.92 Å². The molecule has 2 saturated carbocycles. The molecule has 3 nitrogen and oxygen atoms in total. The van der Waals surface area contributed by atoms with E-state index in [0.717, 1.165) is 55.2 Å². The van der Waals surface area contributed by atoms with Gasteiger partial charge in [-0.25, -0.2) is 8.42 Å². The zero-order valence-corrected chi connectivity index (χ0v) is 22.0. The van der Waals surface area contributed by atoms with Crippen molar-refractivity contribution < 1.29 is 22.3 Å². The van der Waals surface area contributed by atoms with E-state index >= 15 is 0 Å². The maximum absolute atomic E-state index is 14.6. The van der Waals surface area contributed by atoms with Crippen LogP contribution >= 0.6 is 0 Å². The van der Waals surface area contributed by atoms with Crippen molar-refractivity contribution in [1.29, 1.82) is 0 Å². The highest BCUT2D eigenvalue weighted by molar-refractivity contribution is 7.93. The Morgan fingerprint density at radius 3 is 2.56 bits per heavy atom. The fourth-order valence-corrected chi connectivity index (χ4v) is 6.89. The number of sulfone groups is 1.